The van der Waals surface area contributed by atoms with Gasteiger partial charge in [0.1, 0.15) is 11.6 Å². The summed E-state index contributed by atoms with van der Waals surface area (Å²) >= 11 is 0. The van der Waals surface area contributed by atoms with Crippen molar-refractivity contribution in [2.45, 2.75) is 13.0 Å². The number of nitrogens with one attached hydrogen (secondary N) is 1. The number of rotatable bonds is 7. The molecule has 1 heterocycles. The molecule has 0 aliphatic rings. The summed E-state index contributed by atoms with van der Waals surface area (Å²) in [5.74, 6) is -1.82. The Kier molecular flexibility index (Phi) is 6.64. The van der Waals surface area contributed by atoms with E-state index in [-0.39, 0.29) is 23.8 Å². The summed E-state index contributed by atoms with van der Waals surface area (Å²) in [6, 6.07) is 12.8. The number of ketones is 1. The lowest BCUT2D eigenvalue weighted by atomic mass is 9.98. The molecule has 1 amide bonds. The second-order valence-electron chi connectivity index (χ2n) is 6.96. The lowest BCUT2D eigenvalue weighted by molar-refractivity contribution is -0.117. The molecule has 1 N–H and O–H groups in total. The number of Topliss-reactive ketones (excluding diaryl/α,β-unsaturated/α-hetero) is 1. The number of aromatic nitrogens is 1. The zero-order valence-electron chi connectivity index (χ0n) is 16.6. The first-order chi connectivity index (χ1) is 14.3. The Morgan fingerprint density at radius 1 is 1.10 bits per heavy atom. The van der Waals surface area contributed by atoms with Crippen LogP contribution in [0.15, 0.2) is 67.0 Å². The minimum absolute atomic E-state index is 0.0688. The van der Waals surface area contributed by atoms with E-state index >= 15 is 0 Å². The quantitative estimate of drug-likeness (QED) is 0.594. The smallest absolute Gasteiger partial charge is 0.238 e. The molecule has 0 radical (unpaired) electrons. The van der Waals surface area contributed by atoms with Gasteiger partial charge < -0.3 is 5.32 Å². The van der Waals surface area contributed by atoms with Crippen LogP contribution in [0.3, 0.4) is 0 Å². The number of carbonyl (C=O) groups excluding carboxylic acids is 2. The van der Waals surface area contributed by atoms with Gasteiger partial charge in [0.25, 0.3) is 0 Å². The van der Waals surface area contributed by atoms with Gasteiger partial charge >= 0.3 is 0 Å². The average Bonchev–Trinajstić information content (AvgIpc) is 2.70. The SMILES string of the molecule is CC(=O)c1cccc(NC(=O)CN(C)C(c2cccnc2)c2ccc(F)cc2F)c1. The molecule has 3 rings (SSSR count). The Bertz CT molecular complexity index is 1060. The van der Waals surface area contributed by atoms with Crippen molar-refractivity contribution in [1.29, 1.82) is 0 Å². The summed E-state index contributed by atoms with van der Waals surface area (Å²) in [5, 5.41) is 2.75. The maximum Gasteiger partial charge on any atom is 0.238 e. The van der Waals surface area contributed by atoms with Crippen LogP contribution in [0.1, 0.15) is 34.5 Å². The monoisotopic (exact) mass is 409 g/mol. The third-order valence-corrected chi connectivity index (χ3v) is 4.64. The van der Waals surface area contributed by atoms with E-state index in [1.54, 1.807) is 60.7 Å². The molecule has 0 spiro atoms. The van der Waals surface area contributed by atoms with Gasteiger partial charge in [0.15, 0.2) is 5.78 Å². The number of pyridine rings is 1. The molecule has 0 bridgehead atoms. The molecule has 0 saturated carbocycles. The Morgan fingerprint density at radius 2 is 1.90 bits per heavy atom. The lowest BCUT2D eigenvalue weighted by Crippen LogP contribution is -2.34. The van der Waals surface area contributed by atoms with Gasteiger partial charge in [-0.05, 0) is 43.8 Å². The van der Waals surface area contributed by atoms with Crippen molar-refractivity contribution < 1.29 is 18.4 Å². The van der Waals surface area contributed by atoms with Gasteiger partial charge in [0.05, 0.1) is 12.6 Å². The molecule has 1 aromatic heterocycles. The molecule has 0 saturated heterocycles. The molecular weight excluding hydrogens is 388 g/mol. The molecule has 0 aliphatic carbocycles. The van der Waals surface area contributed by atoms with Gasteiger partial charge in [0, 0.05) is 35.3 Å². The minimum Gasteiger partial charge on any atom is -0.325 e. The maximum absolute atomic E-state index is 14.5. The number of halogens is 2. The van der Waals surface area contributed by atoms with Gasteiger partial charge in [-0.2, -0.15) is 0 Å². The number of hydrogen-bond acceptors (Lipinski definition) is 4. The van der Waals surface area contributed by atoms with Crippen molar-refractivity contribution in [2.75, 3.05) is 18.9 Å². The molecule has 5 nitrogen and oxygen atoms in total. The van der Waals surface area contributed by atoms with Gasteiger partial charge in [-0.3, -0.25) is 19.5 Å². The van der Waals surface area contributed by atoms with Crippen LogP contribution in [0, 0.1) is 11.6 Å². The highest BCUT2D eigenvalue weighted by Crippen LogP contribution is 2.29. The first kappa shape index (κ1) is 21.3. The molecule has 1 unspecified atom stereocenters. The largest absolute Gasteiger partial charge is 0.325 e. The summed E-state index contributed by atoms with van der Waals surface area (Å²) < 4.78 is 27.9. The van der Waals surface area contributed by atoms with Gasteiger partial charge in [-0.15, -0.1) is 0 Å². The molecule has 0 fully saturated rings. The second kappa shape index (κ2) is 9.37. The molecule has 0 aliphatic heterocycles. The van der Waals surface area contributed by atoms with Crippen LogP contribution in [-0.2, 0) is 4.79 Å². The number of likely N-dealkylation sites (N-methyl/N-ethyl adjacent to an activating group) is 1. The van der Waals surface area contributed by atoms with Crippen LogP contribution in [0.5, 0.6) is 0 Å². The molecule has 2 aromatic carbocycles. The van der Waals surface area contributed by atoms with Crippen LogP contribution < -0.4 is 5.32 Å². The van der Waals surface area contributed by atoms with Gasteiger partial charge in [-0.25, -0.2) is 8.78 Å². The van der Waals surface area contributed by atoms with Crippen molar-refractivity contribution in [3.63, 3.8) is 0 Å². The third-order valence-electron chi connectivity index (χ3n) is 4.64. The topological polar surface area (TPSA) is 62.3 Å². The Balaban J connectivity index is 1.83. The minimum atomic E-state index is -0.703. The van der Waals surface area contributed by atoms with Crippen LogP contribution >= 0.6 is 0 Å². The Morgan fingerprint density at radius 3 is 2.57 bits per heavy atom. The Labute approximate surface area is 173 Å². The van der Waals surface area contributed by atoms with E-state index in [9.17, 15) is 18.4 Å². The number of nitrogens with zero attached hydrogens (tertiary/aromatic N) is 2. The normalized spacial score (nSPS) is 11.9. The fourth-order valence-corrected chi connectivity index (χ4v) is 3.27. The molecule has 30 heavy (non-hydrogen) atoms. The zero-order valence-corrected chi connectivity index (χ0v) is 16.6. The predicted molar refractivity (Wildman–Crippen MR) is 110 cm³/mol. The van der Waals surface area contributed by atoms with E-state index in [1.165, 1.54) is 19.1 Å². The van der Waals surface area contributed by atoms with Crippen LogP contribution in [0.2, 0.25) is 0 Å². The van der Waals surface area contributed by atoms with Crippen molar-refractivity contribution in [1.82, 2.24) is 9.88 Å². The second-order valence-corrected chi connectivity index (χ2v) is 6.96. The first-order valence-electron chi connectivity index (χ1n) is 9.31. The zero-order chi connectivity index (χ0) is 21.7. The van der Waals surface area contributed by atoms with Crippen molar-refractivity contribution in [3.05, 3.63) is 95.3 Å². The standard InChI is InChI=1S/C23H21F2N3O2/c1-15(29)16-5-3-7-19(11-16)27-22(30)14-28(2)23(17-6-4-10-26-13-17)20-9-8-18(24)12-21(20)25/h3-13,23H,14H2,1-2H3,(H,27,30). The summed E-state index contributed by atoms with van der Waals surface area (Å²) in [6.45, 7) is 1.38. The molecular formula is C23H21F2N3O2. The lowest BCUT2D eigenvalue weighted by Gasteiger charge is -2.28. The highest BCUT2D eigenvalue weighted by atomic mass is 19.1. The molecule has 154 valence electrons. The molecule has 1 atom stereocenters. The van der Waals surface area contributed by atoms with E-state index in [1.807, 2.05) is 0 Å². The van der Waals surface area contributed by atoms with E-state index in [4.69, 9.17) is 0 Å². The molecule has 7 heteroatoms. The van der Waals surface area contributed by atoms with Crippen LogP contribution in [0.4, 0.5) is 14.5 Å². The van der Waals surface area contributed by atoms with E-state index in [2.05, 4.69) is 10.3 Å². The fourth-order valence-electron chi connectivity index (χ4n) is 3.27. The number of anilines is 1. The average molecular weight is 409 g/mol. The number of benzene rings is 2. The van der Waals surface area contributed by atoms with Crippen LogP contribution in [-0.4, -0.2) is 35.2 Å². The maximum atomic E-state index is 14.5. The highest BCUT2D eigenvalue weighted by Gasteiger charge is 2.24. The number of hydrogen-bond donors (Lipinski definition) is 1. The summed E-state index contributed by atoms with van der Waals surface area (Å²) in [7, 11) is 1.67. The van der Waals surface area contributed by atoms with Crippen molar-refractivity contribution >= 4 is 17.4 Å². The summed E-state index contributed by atoms with van der Waals surface area (Å²) in [6.07, 6.45) is 3.18. The fraction of sp³-hybridized carbons (Fsp3) is 0.174. The van der Waals surface area contributed by atoms with Gasteiger partial charge in [-0.1, -0.05) is 24.3 Å². The van der Waals surface area contributed by atoms with E-state index < -0.39 is 17.7 Å². The van der Waals surface area contributed by atoms with Gasteiger partial charge in [0.2, 0.25) is 5.91 Å². The number of amides is 1. The summed E-state index contributed by atoms with van der Waals surface area (Å²) in [5.41, 5.74) is 1.88. The van der Waals surface area contributed by atoms with E-state index in [0.717, 1.165) is 6.07 Å². The Hall–Kier alpha value is -3.45. The predicted octanol–water partition coefficient (Wildman–Crippen LogP) is 4.22. The third kappa shape index (κ3) is 5.12. The highest BCUT2D eigenvalue weighted by molar-refractivity contribution is 5.97. The van der Waals surface area contributed by atoms with Crippen LogP contribution in [0.25, 0.3) is 0 Å². The number of carbonyl (C=O) groups is 2. The van der Waals surface area contributed by atoms with Crippen molar-refractivity contribution in [3.8, 4) is 0 Å². The van der Waals surface area contributed by atoms with Crippen molar-refractivity contribution in [2.24, 2.45) is 0 Å². The first-order valence-corrected chi connectivity index (χ1v) is 9.31. The van der Waals surface area contributed by atoms with E-state index in [0.29, 0.717) is 16.8 Å². The summed E-state index contributed by atoms with van der Waals surface area (Å²) in [4.78, 5) is 29.9. The molecule has 3 aromatic rings.